The van der Waals surface area contributed by atoms with Crippen LogP contribution in [0.1, 0.15) is 53.4 Å². The standard InChI is InChI=1S/C18H31IO2Si/c1-14(20)12-16(19)13-17(15-10-8-7-9-11-15)21-22(5,6)18(2,3)4/h7-8,12,15,17H,9-11,13H2,1-6H3/b16-12-. The number of halogens is 1. The molecule has 0 heterocycles. The number of allylic oxidation sites excluding steroid dienone is 3. The van der Waals surface area contributed by atoms with Crippen LogP contribution in [0, 0.1) is 5.92 Å². The second-order valence-corrected chi connectivity index (χ2v) is 14.0. The highest BCUT2D eigenvalue weighted by Gasteiger charge is 2.40. The highest BCUT2D eigenvalue weighted by Crippen LogP contribution is 2.40. The van der Waals surface area contributed by atoms with Crippen LogP contribution in [0.25, 0.3) is 0 Å². The van der Waals surface area contributed by atoms with Crippen LogP contribution in [-0.4, -0.2) is 20.2 Å². The van der Waals surface area contributed by atoms with Gasteiger partial charge in [-0.2, -0.15) is 0 Å². The summed E-state index contributed by atoms with van der Waals surface area (Å²) in [7, 11) is -1.80. The third-order valence-electron chi connectivity index (χ3n) is 4.84. The highest BCUT2D eigenvalue weighted by molar-refractivity contribution is 14.1. The molecule has 2 nitrogen and oxygen atoms in total. The second-order valence-electron chi connectivity index (χ2n) is 7.87. The highest BCUT2D eigenvalue weighted by atomic mass is 127. The van der Waals surface area contributed by atoms with E-state index in [4.69, 9.17) is 4.43 Å². The van der Waals surface area contributed by atoms with Crippen LogP contribution in [0.5, 0.6) is 0 Å². The summed E-state index contributed by atoms with van der Waals surface area (Å²) in [6, 6.07) is 0. The quantitative estimate of drug-likeness (QED) is 0.221. The van der Waals surface area contributed by atoms with Gasteiger partial charge in [0.1, 0.15) is 0 Å². The average Bonchev–Trinajstić information content (AvgIpc) is 2.36. The number of ketones is 1. The lowest BCUT2D eigenvalue weighted by Crippen LogP contribution is -2.46. The van der Waals surface area contributed by atoms with Crippen LogP contribution in [-0.2, 0) is 9.22 Å². The van der Waals surface area contributed by atoms with Gasteiger partial charge in [-0.25, -0.2) is 0 Å². The van der Waals surface area contributed by atoms with E-state index < -0.39 is 8.32 Å². The monoisotopic (exact) mass is 434 g/mol. The largest absolute Gasteiger partial charge is 0.413 e. The first-order valence-corrected chi connectivity index (χ1v) is 12.2. The smallest absolute Gasteiger partial charge is 0.192 e. The molecule has 0 amide bonds. The van der Waals surface area contributed by atoms with Crippen LogP contribution in [0.4, 0.5) is 0 Å². The Morgan fingerprint density at radius 3 is 2.50 bits per heavy atom. The lowest BCUT2D eigenvalue weighted by atomic mass is 9.88. The molecule has 0 aliphatic heterocycles. The molecule has 0 N–H and O–H groups in total. The molecule has 4 heteroatoms. The van der Waals surface area contributed by atoms with Crippen molar-refractivity contribution in [3.63, 3.8) is 0 Å². The predicted molar refractivity (Wildman–Crippen MR) is 106 cm³/mol. The topological polar surface area (TPSA) is 26.3 Å². The minimum Gasteiger partial charge on any atom is -0.413 e. The van der Waals surface area contributed by atoms with Gasteiger partial charge in [-0.3, -0.25) is 4.79 Å². The van der Waals surface area contributed by atoms with Crippen LogP contribution in [0.3, 0.4) is 0 Å². The number of rotatable bonds is 6. The van der Waals surface area contributed by atoms with E-state index in [0.717, 1.165) is 22.8 Å². The molecular weight excluding hydrogens is 403 g/mol. The summed E-state index contributed by atoms with van der Waals surface area (Å²) >= 11 is 2.30. The third-order valence-corrected chi connectivity index (χ3v) is 10.1. The van der Waals surface area contributed by atoms with Gasteiger partial charge in [-0.15, -0.1) is 0 Å². The molecule has 22 heavy (non-hydrogen) atoms. The number of carbonyl (C=O) groups is 1. The average molecular weight is 434 g/mol. The maximum atomic E-state index is 11.3. The molecule has 2 atom stereocenters. The number of carbonyl (C=O) groups excluding carboxylic acids is 1. The van der Waals surface area contributed by atoms with Gasteiger partial charge >= 0.3 is 0 Å². The SMILES string of the molecule is CC(=O)/C=C(\I)CC(O[Si](C)(C)C(C)(C)C)C1CC=CCC1. The molecule has 0 saturated carbocycles. The molecule has 0 spiro atoms. The van der Waals surface area contributed by atoms with Gasteiger partial charge in [-0.1, -0.05) is 32.9 Å². The minimum atomic E-state index is -1.80. The Bertz CT molecular complexity index is 446. The Kier molecular flexibility index (Phi) is 7.53. The van der Waals surface area contributed by atoms with E-state index in [1.807, 2.05) is 0 Å². The molecule has 0 fully saturated rings. The maximum Gasteiger partial charge on any atom is 0.192 e. The molecule has 0 saturated heterocycles. The minimum absolute atomic E-state index is 0.124. The first kappa shape index (κ1) is 20.1. The normalized spacial score (nSPS) is 21.8. The molecule has 2 unspecified atom stereocenters. The summed E-state index contributed by atoms with van der Waals surface area (Å²) < 4.78 is 7.86. The van der Waals surface area contributed by atoms with Crippen molar-refractivity contribution in [1.82, 2.24) is 0 Å². The van der Waals surface area contributed by atoms with E-state index in [2.05, 4.69) is 68.6 Å². The molecule has 1 rings (SSSR count). The summed E-state index contributed by atoms with van der Waals surface area (Å²) in [5, 5.41) is 0.214. The lowest BCUT2D eigenvalue weighted by Gasteiger charge is -2.42. The third kappa shape index (κ3) is 6.28. The summed E-state index contributed by atoms with van der Waals surface area (Å²) in [5.41, 5.74) is 0. The molecule has 126 valence electrons. The second kappa shape index (κ2) is 8.24. The fraction of sp³-hybridized carbons (Fsp3) is 0.722. The van der Waals surface area contributed by atoms with E-state index >= 15 is 0 Å². The van der Waals surface area contributed by atoms with E-state index in [-0.39, 0.29) is 16.9 Å². The molecule has 1 aliphatic rings. The van der Waals surface area contributed by atoms with Crippen LogP contribution >= 0.6 is 22.6 Å². The first-order valence-electron chi connectivity index (χ1n) is 8.22. The van der Waals surface area contributed by atoms with Crippen molar-refractivity contribution in [1.29, 1.82) is 0 Å². The predicted octanol–water partition coefficient (Wildman–Crippen LogP) is 6.03. The van der Waals surface area contributed by atoms with Crippen molar-refractivity contribution >= 4 is 36.7 Å². The Labute approximate surface area is 151 Å². The fourth-order valence-corrected chi connectivity index (χ4v) is 4.74. The van der Waals surface area contributed by atoms with Crippen molar-refractivity contribution in [2.24, 2.45) is 5.92 Å². The van der Waals surface area contributed by atoms with Crippen molar-refractivity contribution in [2.75, 3.05) is 0 Å². The zero-order valence-corrected chi connectivity index (χ0v) is 18.1. The van der Waals surface area contributed by atoms with Crippen LogP contribution < -0.4 is 0 Å². The maximum absolute atomic E-state index is 11.3. The lowest BCUT2D eigenvalue weighted by molar-refractivity contribution is -0.112. The fourth-order valence-electron chi connectivity index (χ4n) is 2.49. The Balaban J connectivity index is 2.91. The zero-order chi connectivity index (χ0) is 17.0. The van der Waals surface area contributed by atoms with Gasteiger partial charge in [-0.05, 0) is 82.5 Å². The van der Waals surface area contributed by atoms with E-state index in [0.29, 0.717) is 5.92 Å². The molecule has 0 radical (unpaired) electrons. The molecule has 0 aromatic heterocycles. The number of hydrogen-bond acceptors (Lipinski definition) is 2. The summed E-state index contributed by atoms with van der Waals surface area (Å²) in [5.74, 6) is 0.697. The molecular formula is C18H31IO2Si. The van der Waals surface area contributed by atoms with Gasteiger partial charge in [0.25, 0.3) is 0 Å². The Hall–Kier alpha value is 0.0569. The van der Waals surface area contributed by atoms with Crippen molar-refractivity contribution in [3.8, 4) is 0 Å². The summed E-state index contributed by atoms with van der Waals surface area (Å²) in [6.45, 7) is 13.1. The van der Waals surface area contributed by atoms with Gasteiger partial charge in [0, 0.05) is 6.42 Å². The van der Waals surface area contributed by atoms with E-state index in [9.17, 15) is 4.79 Å². The summed E-state index contributed by atoms with van der Waals surface area (Å²) in [6.07, 6.45) is 10.9. The first-order chi connectivity index (χ1) is 10.0. The van der Waals surface area contributed by atoms with E-state index in [1.165, 1.54) is 6.42 Å². The molecule has 0 bridgehead atoms. The Morgan fingerprint density at radius 2 is 2.05 bits per heavy atom. The van der Waals surface area contributed by atoms with Gasteiger partial charge in [0.05, 0.1) is 6.10 Å². The van der Waals surface area contributed by atoms with Gasteiger partial charge in [0.2, 0.25) is 0 Å². The van der Waals surface area contributed by atoms with Crippen molar-refractivity contribution in [2.45, 2.75) is 77.6 Å². The number of hydrogen-bond donors (Lipinski definition) is 0. The van der Waals surface area contributed by atoms with Crippen molar-refractivity contribution < 1.29 is 9.22 Å². The summed E-state index contributed by atoms with van der Waals surface area (Å²) in [4.78, 5) is 11.3. The van der Waals surface area contributed by atoms with Crippen LogP contribution in [0.15, 0.2) is 21.8 Å². The zero-order valence-electron chi connectivity index (χ0n) is 14.9. The molecule has 0 aromatic carbocycles. The van der Waals surface area contributed by atoms with E-state index in [1.54, 1.807) is 13.0 Å². The van der Waals surface area contributed by atoms with Gasteiger partial charge < -0.3 is 4.43 Å². The molecule has 0 aromatic rings. The van der Waals surface area contributed by atoms with Crippen LogP contribution in [0.2, 0.25) is 18.1 Å². The van der Waals surface area contributed by atoms with Gasteiger partial charge in [0.15, 0.2) is 14.1 Å². The van der Waals surface area contributed by atoms with Crippen molar-refractivity contribution in [3.05, 3.63) is 21.8 Å². The molecule has 1 aliphatic carbocycles. The Morgan fingerprint density at radius 1 is 1.41 bits per heavy atom.